The first kappa shape index (κ1) is 26.2. The van der Waals surface area contributed by atoms with Gasteiger partial charge in [0.1, 0.15) is 0 Å². The molecule has 27 heavy (non-hydrogen) atoms. The molecule has 0 spiro atoms. The number of allylic oxidation sites excluding steroid dienone is 3. The first-order chi connectivity index (χ1) is 12.2. The summed E-state index contributed by atoms with van der Waals surface area (Å²) in [6.07, 6.45) is 0. The molecule has 0 aromatic carbocycles. The molecule has 0 heterocycles. The Hall–Kier alpha value is -0.812. The quantitative estimate of drug-likeness (QED) is 0.337. The van der Waals surface area contributed by atoms with Crippen LogP contribution in [0.4, 0.5) is 0 Å². The van der Waals surface area contributed by atoms with Crippen molar-refractivity contribution in [2.75, 3.05) is 0 Å². The molecule has 0 N–H and O–H groups in total. The van der Waals surface area contributed by atoms with Gasteiger partial charge in [-0.2, -0.15) is 0 Å². The molecule has 0 fully saturated rings. The van der Waals surface area contributed by atoms with Gasteiger partial charge >= 0.3 is 17.1 Å². The van der Waals surface area contributed by atoms with Crippen LogP contribution in [0.3, 0.4) is 0 Å². The van der Waals surface area contributed by atoms with Gasteiger partial charge < -0.3 is 12.3 Å². The van der Waals surface area contributed by atoms with Gasteiger partial charge in [0.05, 0.1) is 0 Å². The molecule has 0 aromatic rings. The molecule has 0 saturated heterocycles. The highest BCUT2D eigenvalue weighted by Crippen LogP contribution is 2.33. The van der Waals surface area contributed by atoms with Gasteiger partial charge in [0.25, 0.3) is 8.32 Å². The summed E-state index contributed by atoms with van der Waals surface area (Å²) in [5, 5.41) is 2.13. The molecule has 2 unspecified atom stereocenters. The second-order valence-electron chi connectivity index (χ2n) is 8.11. The molecule has 0 rings (SSSR count). The molecule has 7 heteroatoms. The summed E-state index contributed by atoms with van der Waals surface area (Å²) in [5.41, 5.74) is 8.48. The number of hydrogen-bond acceptors (Lipinski definition) is 3. The third-order valence-corrected chi connectivity index (χ3v) is 19.2. The lowest BCUT2D eigenvalue weighted by Crippen LogP contribution is -2.59. The highest BCUT2D eigenvalue weighted by atomic mass is 28.5. The van der Waals surface area contributed by atoms with Gasteiger partial charge in [-0.3, -0.25) is 0 Å². The lowest BCUT2D eigenvalue weighted by molar-refractivity contribution is 0.348. The largest absolute Gasteiger partial charge is 0.434 e. The Morgan fingerprint density at radius 3 is 1.44 bits per heavy atom. The van der Waals surface area contributed by atoms with Gasteiger partial charge in [-0.25, -0.2) is 0 Å². The molecule has 0 aliphatic heterocycles. The second-order valence-corrected chi connectivity index (χ2v) is 23.0. The van der Waals surface area contributed by atoms with Crippen molar-refractivity contribution in [3.8, 4) is 0 Å². The van der Waals surface area contributed by atoms with E-state index in [9.17, 15) is 0 Å². The second kappa shape index (κ2) is 9.60. The van der Waals surface area contributed by atoms with E-state index in [0.717, 1.165) is 5.20 Å². The topological polar surface area (TPSA) is 27.7 Å². The highest BCUT2D eigenvalue weighted by Gasteiger charge is 2.49. The molecular formula is C20H38O3Si4. The van der Waals surface area contributed by atoms with Crippen LogP contribution in [-0.2, 0) is 12.3 Å². The van der Waals surface area contributed by atoms with Gasteiger partial charge in [-0.1, -0.05) is 27.4 Å². The molecule has 3 nitrogen and oxygen atoms in total. The van der Waals surface area contributed by atoms with E-state index in [1.165, 1.54) is 10.8 Å². The van der Waals surface area contributed by atoms with Crippen molar-refractivity contribution in [1.29, 1.82) is 0 Å². The maximum Gasteiger partial charge on any atom is 0.372 e. The summed E-state index contributed by atoms with van der Waals surface area (Å²) in [6.45, 7) is 37.0. The molecule has 0 bridgehead atoms. The van der Waals surface area contributed by atoms with Gasteiger partial charge in [-0.05, 0) is 65.3 Å². The maximum atomic E-state index is 6.84. The van der Waals surface area contributed by atoms with Crippen LogP contribution >= 0.6 is 0 Å². The fraction of sp³-hybridized carbons (Fsp3) is 0.400. The van der Waals surface area contributed by atoms with Crippen molar-refractivity contribution in [3.05, 3.63) is 71.7 Å². The van der Waals surface area contributed by atoms with Crippen molar-refractivity contribution < 1.29 is 12.3 Å². The first-order valence-corrected chi connectivity index (χ1v) is 18.9. The van der Waals surface area contributed by atoms with E-state index in [1.807, 2.05) is 24.9 Å². The summed E-state index contributed by atoms with van der Waals surface area (Å²) in [6, 6.07) is 0. The van der Waals surface area contributed by atoms with Crippen molar-refractivity contribution in [1.82, 2.24) is 0 Å². The minimum absolute atomic E-state index is 0.966. The molecular weight excluding hydrogens is 401 g/mol. The molecule has 0 aliphatic rings. The lowest BCUT2D eigenvalue weighted by Gasteiger charge is -2.42. The summed E-state index contributed by atoms with van der Waals surface area (Å²) < 4.78 is 19.9. The highest BCUT2D eigenvalue weighted by molar-refractivity contribution is 7.01. The zero-order valence-electron chi connectivity index (χ0n) is 18.6. The van der Waals surface area contributed by atoms with E-state index in [-0.39, 0.29) is 0 Å². The Bertz CT molecular complexity index is 636. The van der Waals surface area contributed by atoms with Gasteiger partial charge in [-0.15, -0.1) is 32.9 Å². The number of rotatable bonds is 12. The van der Waals surface area contributed by atoms with Crippen LogP contribution in [0.5, 0.6) is 0 Å². The Morgan fingerprint density at radius 2 is 1.19 bits per heavy atom. The van der Waals surface area contributed by atoms with Gasteiger partial charge in [0.2, 0.25) is 0 Å². The van der Waals surface area contributed by atoms with Crippen LogP contribution in [-0.4, -0.2) is 33.8 Å². The minimum Gasteiger partial charge on any atom is -0.434 e. The Balaban J connectivity index is 6.36. The maximum absolute atomic E-state index is 6.84. The fourth-order valence-corrected chi connectivity index (χ4v) is 19.1. The molecule has 0 saturated carbocycles. The molecule has 0 aromatic heterocycles. The molecule has 0 radical (unpaired) electrons. The van der Waals surface area contributed by atoms with E-state index < -0.39 is 33.8 Å². The third-order valence-electron chi connectivity index (χ3n) is 4.36. The monoisotopic (exact) mass is 438 g/mol. The van der Waals surface area contributed by atoms with Crippen LogP contribution in [0, 0.1) is 0 Å². The first-order valence-electron chi connectivity index (χ1n) is 9.12. The van der Waals surface area contributed by atoms with E-state index in [2.05, 4.69) is 73.3 Å². The summed E-state index contributed by atoms with van der Waals surface area (Å²) >= 11 is 0. The van der Waals surface area contributed by atoms with Crippen LogP contribution in [0.1, 0.15) is 27.7 Å². The average Bonchev–Trinajstić information content (AvgIpc) is 2.56. The van der Waals surface area contributed by atoms with Gasteiger partial charge in [0, 0.05) is 0 Å². The lowest BCUT2D eigenvalue weighted by atomic mass is 10.3. The Labute approximate surface area is 171 Å². The van der Waals surface area contributed by atoms with Crippen molar-refractivity contribution in [2.45, 2.75) is 53.9 Å². The Kier molecular flexibility index (Phi) is 9.31. The zero-order valence-corrected chi connectivity index (χ0v) is 22.6. The van der Waals surface area contributed by atoms with Crippen LogP contribution < -0.4 is 0 Å². The van der Waals surface area contributed by atoms with E-state index >= 15 is 0 Å². The predicted octanol–water partition coefficient (Wildman–Crippen LogP) is 6.24. The standard InChI is InChI=1S/C20H38O3Si4/c1-14-25(13,21-24(10,11)12)22-26(15-2,16-3)23-27(17-4,19(7)8)20(9)18(5)6/h14-17H,1-4,7H2,5-6,8-13H3. The third kappa shape index (κ3) is 6.63. The molecule has 0 aliphatic carbocycles. The predicted molar refractivity (Wildman–Crippen MR) is 129 cm³/mol. The molecule has 152 valence electrons. The van der Waals surface area contributed by atoms with Gasteiger partial charge in [0.15, 0.2) is 8.32 Å². The summed E-state index contributed by atoms with van der Waals surface area (Å²) in [4.78, 5) is 0. The smallest absolute Gasteiger partial charge is 0.372 e. The van der Waals surface area contributed by atoms with Crippen molar-refractivity contribution in [3.63, 3.8) is 0 Å². The molecule has 2 atom stereocenters. The van der Waals surface area contributed by atoms with Crippen molar-refractivity contribution in [2.24, 2.45) is 0 Å². The average molecular weight is 439 g/mol. The summed E-state index contributed by atoms with van der Waals surface area (Å²) in [7, 11) is -10.2. The van der Waals surface area contributed by atoms with E-state index in [4.69, 9.17) is 12.3 Å². The minimum atomic E-state index is -3.02. The SMILES string of the molecule is C=C[Si](C)(O[Si](C)(C)C)O[Si](C=C)(C=C)O[Si](C=C)(C(=C)C)C(C)=C(C)C. The Morgan fingerprint density at radius 1 is 0.704 bits per heavy atom. The normalized spacial score (nSPS) is 16.4. The zero-order chi connectivity index (χ0) is 21.7. The van der Waals surface area contributed by atoms with Crippen molar-refractivity contribution >= 4 is 33.8 Å². The summed E-state index contributed by atoms with van der Waals surface area (Å²) in [5.74, 6) is 0. The fourth-order valence-electron chi connectivity index (χ4n) is 2.78. The van der Waals surface area contributed by atoms with Crippen LogP contribution in [0.2, 0.25) is 26.2 Å². The number of hydrogen-bond donors (Lipinski definition) is 0. The van der Waals surface area contributed by atoms with E-state index in [1.54, 1.807) is 11.4 Å². The van der Waals surface area contributed by atoms with E-state index in [0.29, 0.717) is 0 Å². The molecule has 0 amide bonds. The van der Waals surface area contributed by atoms with Crippen LogP contribution in [0.15, 0.2) is 71.7 Å². The van der Waals surface area contributed by atoms with Crippen LogP contribution in [0.25, 0.3) is 0 Å².